The van der Waals surface area contributed by atoms with Gasteiger partial charge in [-0.3, -0.25) is 4.74 Å². The number of allylic oxidation sites excluding steroid dienone is 1. The van der Waals surface area contributed by atoms with Crippen molar-refractivity contribution in [1.82, 2.24) is 0 Å². The fourth-order valence-electron chi connectivity index (χ4n) is 3.20. The number of rotatable bonds is 16. The van der Waals surface area contributed by atoms with Crippen LogP contribution in [-0.4, -0.2) is 71.7 Å². The van der Waals surface area contributed by atoms with E-state index in [1.807, 2.05) is 0 Å². The highest BCUT2D eigenvalue weighted by molar-refractivity contribution is 5.86. The van der Waals surface area contributed by atoms with E-state index < -0.39 is 95.4 Å². The van der Waals surface area contributed by atoms with Gasteiger partial charge < -0.3 is 9.47 Å². The fraction of sp³-hybridized carbons (Fsp3) is 0.560. The summed E-state index contributed by atoms with van der Waals surface area (Å²) >= 11 is 0. The molecule has 2 unspecified atom stereocenters. The van der Waals surface area contributed by atoms with E-state index in [2.05, 4.69) is 16.1 Å². The van der Waals surface area contributed by atoms with E-state index in [9.17, 15) is 106 Å². The highest BCUT2D eigenvalue weighted by atomic mass is 19.4. The molecule has 0 N–H and O–H groups in total. The van der Waals surface area contributed by atoms with E-state index in [0.29, 0.717) is 6.92 Å². The van der Waals surface area contributed by atoms with Crippen molar-refractivity contribution in [3.63, 3.8) is 0 Å². The second-order valence-electron chi connectivity index (χ2n) is 10.0. The molecule has 0 bridgehead atoms. The van der Waals surface area contributed by atoms with E-state index in [-0.39, 0.29) is 5.57 Å². The molecular formula is C25H15F23O4. The van der Waals surface area contributed by atoms with E-state index >= 15 is 0 Å². The smallest absolute Gasteiger partial charge is 0.434 e. The number of alkyl halides is 21. The Morgan fingerprint density at radius 1 is 0.577 bits per heavy atom. The molecule has 0 spiro atoms. The van der Waals surface area contributed by atoms with Crippen molar-refractivity contribution in [3.8, 4) is 0 Å². The molecule has 0 aromatic heterocycles. The standard InChI is InChI=1S/C25H15F23O4/c1-9(2)14(49)50-10(3)51-15(11-7-5-4-6-8-11)52-13(27)12(26)16(28,29)17(30,31)18(32,33)19(34,35)20(36,37)21(38,39)22(40,41)23(42,43)24(44,45)25(46,47)48/h4-8,10,15H,1H2,2-3H3. The summed E-state index contributed by atoms with van der Waals surface area (Å²) in [6.07, 6.45) is -13.0. The van der Waals surface area contributed by atoms with Crippen molar-refractivity contribution in [2.24, 2.45) is 0 Å². The van der Waals surface area contributed by atoms with E-state index in [4.69, 9.17) is 4.74 Å². The minimum atomic E-state index is -9.48. The molecule has 0 aliphatic heterocycles. The van der Waals surface area contributed by atoms with Crippen LogP contribution in [0.1, 0.15) is 25.7 Å². The quantitative estimate of drug-likeness (QED) is 0.0548. The third-order valence-corrected chi connectivity index (χ3v) is 6.18. The Labute approximate surface area is 272 Å². The molecule has 0 amide bonds. The Morgan fingerprint density at radius 3 is 1.27 bits per heavy atom. The van der Waals surface area contributed by atoms with E-state index in [1.165, 1.54) is 0 Å². The number of benzene rings is 1. The summed E-state index contributed by atoms with van der Waals surface area (Å²) in [5, 5.41) is 0. The zero-order valence-corrected chi connectivity index (χ0v) is 24.6. The molecule has 1 rings (SSSR count). The fourth-order valence-corrected chi connectivity index (χ4v) is 3.20. The van der Waals surface area contributed by atoms with Crippen molar-refractivity contribution >= 4 is 5.97 Å². The van der Waals surface area contributed by atoms with Crippen LogP contribution in [0.25, 0.3) is 0 Å². The molecule has 0 saturated heterocycles. The maximum Gasteiger partial charge on any atom is 0.460 e. The van der Waals surface area contributed by atoms with Gasteiger partial charge in [0.25, 0.3) is 0 Å². The third kappa shape index (κ3) is 7.15. The summed E-state index contributed by atoms with van der Waals surface area (Å²) in [7, 11) is 0. The van der Waals surface area contributed by atoms with Crippen LogP contribution in [0.5, 0.6) is 0 Å². The maximum absolute atomic E-state index is 14.4. The number of esters is 1. The number of halogens is 23. The van der Waals surface area contributed by atoms with Gasteiger partial charge in [0.05, 0.1) is 0 Å². The topological polar surface area (TPSA) is 44.8 Å². The van der Waals surface area contributed by atoms with Crippen LogP contribution in [0.2, 0.25) is 0 Å². The van der Waals surface area contributed by atoms with Crippen LogP contribution in [0.4, 0.5) is 101 Å². The van der Waals surface area contributed by atoms with E-state index in [0.717, 1.165) is 37.3 Å². The van der Waals surface area contributed by atoms with Crippen LogP contribution < -0.4 is 0 Å². The molecule has 27 heteroatoms. The van der Waals surface area contributed by atoms with Crippen molar-refractivity contribution in [3.05, 3.63) is 59.9 Å². The van der Waals surface area contributed by atoms with Crippen LogP contribution in [0.15, 0.2) is 54.3 Å². The molecule has 52 heavy (non-hydrogen) atoms. The zero-order valence-electron chi connectivity index (χ0n) is 24.6. The Kier molecular flexibility index (Phi) is 12.4. The number of carbonyl (C=O) groups is 1. The van der Waals surface area contributed by atoms with Gasteiger partial charge in [0.15, 0.2) is 0 Å². The Morgan fingerprint density at radius 2 is 0.923 bits per heavy atom. The lowest BCUT2D eigenvalue weighted by atomic mass is 9.86. The van der Waals surface area contributed by atoms with Gasteiger partial charge in [-0.1, -0.05) is 36.9 Å². The summed E-state index contributed by atoms with van der Waals surface area (Å²) < 4.78 is 327. The molecule has 1 aromatic rings. The van der Waals surface area contributed by atoms with Crippen molar-refractivity contribution in [2.45, 2.75) is 85.9 Å². The predicted molar refractivity (Wildman–Crippen MR) is 122 cm³/mol. The second kappa shape index (κ2) is 13.9. The average molecular weight is 816 g/mol. The Hall–Kier alpha value is -3.68. The van der Waals surface area contributed by atoms with Gasteiger partial charge >= 0.3 is 71.5 Å². The molecule has 4 nitrogen and oxygen atoms in total. The van der Waals surface area contributed by atoms with Crippen LogP contribution >= 0.6 is 0 Å². The highest BCUT2D eigenvalue weighted by Gasteiger charge is 2.98. The van der Waals surface area contributed by atoms with Gasteiger partial charge in [0, 0.05) is 11.1 Å². The average Bonchev–Trinajstić information content (AvgIpc) is 2.99. The lowest BCUT2D eigenvalue weighted by molar-refractivity contribution is -0.473. The predicted octanol–water partition coefficient (Wildman–Crippen LogP) is 10.6. The lowest BCUT2D eigenvalue weighted by Crippen LogP contribution is -2.76. The molecular weight excluding hydrogens is 801 g/mol. The minimum Gasteiger partial charge on any atom is -0.434 e. The summed E-state index contributed by atoms with van der Waals surface area (Å²) in [5.41, 5.74) is -1.09. The van der Waals surface area contributed by atoms with E-state index in [1.54, 1.807) is 0 Å². The third-order valence-electron chi connectivity index (χ3n) is 6.18. The first-order chi connectivity index (χ1) is 22.8. The molecule has 2 atom stereocenters. The summed E-state index contributed by atoms with van der Waals surface area (Å²) in [5.74, 6) is -87.5. The van der Waals surface area contributed by atoms with Gasteiger partial charge in [-0.05, 0) is 13.8 Å². The SMILES string of the molecule is C=C(C)C(=O)OC(C)OC(OC(F)=C(F)C(F)(F)C(F)(F)C(F)(F)C(F)(F)C(F)(F)C(F)(F)C(F)(F)C(F)(F)C(F)(F)C(F)(F)F)c1ccccc1. The maximum atomic E-state index is 14.4. The summed E-state index contributed by atoms with van der Waals surface area (Å²) in [4.78, 5) is 11.6. The monoisotopic (exact) mass is 816 g/mol. The minimum absolute atomic E-state index is 0.385. The second-order valence-corrected chi connectivity index (χ2v) is 10.0. The Balaban J connectivity index is 3.78. The first-order valence-corrected chi connectivity index (χ1v) is 12.5. The van der Waals surface area contributed by atoms with Crippen molar-refractivity contribution in [2.75, 3.05) is 0 Å². The number of carbonyl (C=O) groups excluding carboxylic acids is 1. The largest absolute Gasteiger partial charge is 0.460 e. The lowest BCUT2D eigenvalue weighted by Gasteiger charge is -2.44. The molecule has 0 aliphatic carbocycles. The molecule has 0 fully saturated rings. The molecule has 1 aromatic carbocycles. The number of hydrogen-bond acceptors (Lipinski definition) is 4. The van der Waals surface area contributed by atoms with Gasteiger partial charge in [0.2, 0.25) is 18.4 Å². The van der Waals surface area contributed by atoms with Gasteiger partial charge in [-0.25, -0.2) is 4.79 Å². The highest BCUT2D eigenvalue weighted by Crippen LogP contribution is 2.66. The summed E-state index contributed by atoms with van der Waals surface area (Å²) in [6, 6.07) is 0.625. The number of ether oxygens (including phenoxy) is 3. The van der Waals surface area contributed by atoms with Crippen LogP contribution in [0.3, 0.4) is 0 Å². The molecule has 300 valence electrons. The number of hydrogen-bond donors (Lipinski definition) is 0. The van der Waals surface area contributed by atoms with Crippen molar-refractivity contribution in [1.29, 1.82) is 0 Å². The van der Waals surface area contributed by atoms with Crippen LogP contribution in [0, 0.1) is 0 Å². The molecule has 0 heterocycles. The first kappa shape index (κ1) is 46.3. The van der Waals surface area contributed by atoms with Gasteiger partial charge in [-0.15, -0.1) is 0 Å². The normalized spacial score (nSPS) is 16.6. The Bertz CT molecular complexity index is 1480. The van der Waals surface area contributed by atoms with Crippen LogP contribution in [-0.2, 0) is 19.0 Å². The summed E-state index contributed by atoms with van der Waals surface area (Å²) in [6.45, 7) is 4.83. The molecule has 0 radical (unpaired) electrons. The van der Waals surface area contributed by atoms with Crippen molar-refractivity contribution < 1.29 is 120 Å². The zero-order chi connectivity index (χ0) is 41.7. The first-order valence-electron chi connectivity index (χ1n) is 12.5. The molecule has 0 saturated carbocycles. The molecule has 0 aliphatic rings. The van der Waals surface area contributed by atoms with Gasteiger partial charge in [0.1, 0.15) is 0 Å². The van der Waals surface area contributed by atoms with Gasteiger partial charge in [-0.2, -0.15) is 101 Å².